The van der Waals surface area contributed by atoms with Crippen molar-refractivity contribution in [3.05, 3.63) is 17.6 Å². The molecule has 0 aliphatic heterocycles. The van der Waals surface area contributed by atoms with Crippen LogP contribution in [0.1, 0.15) is 52.1 Å². The average molecular weight is 207 g/mol. The zero-order valence-electron chi connectivity index (χ0n) is 10.2. The monoisotopic (exact) mass is 207 g/mol. The molecule has 0 saturated carbocycles. The average Bonchev–Trinajstić information content (AvgIpc) is 2.12. The van der Waals surface area contributed by atoms with Crippen LogP contribution in [0.25, 0.3) is 0 Å². The van der Waals surface area contributed by atoms with Crippen LogP contribution in [0.5, 0.6) is 0 Å². The molecule has 84 valence electrons. The molecular formula is C12H21N3. The normalized spacial score (nSPS) is 11.7. The number of nitrogens with zero attached hydrogens (tertiary/aromatic N) is 2. The number of anilines is 1. The summed E-state index contributed by atoms with van der Waals surface area (Å²) in [5, 5.41) is 0. The standard InChI is InChI=1S/C12H21N3/c1-5-6-7-11-14-9(12(2,3)4)8-10(13)15-11/h8H,5-7H2,1-4H3,(H2,13,14,15). The van der Waals surface area contributed by atoms with Gasteiger partial charge in [0.2, 0.25) is 0 Å². The van der Waals surface area contributed by atoms with Gasteiger partial charge in [0.1, 0.15) is 11.6 Å². The number of rotatable bonds is 3. The molecule has 2 N–H and O–H groups in total. The van der Waals surface area contributed by atoms with Crippen LogP contribution in [0.4, 0.5) is 5.82 Å². The highest BCUT2D eigenvalue weighted by molar-refractivity contribution is 5.32. The molecule has 0 aliphatic rings. The van der Waals surface area contributed by atoms with Gasteiger partial charge >= 0.3 is 0 Å². The minimum atomic E-state index is 0.0397. The first-order valence-electron chi connectivity index (χ1n) is 5.57. The lowest BCUT2D eigenvalue weighted by atomic mass is 9.92. The topological polar surface area (TPSA) is 51.8 Å². The summed E-state index contributed by atoms with van der Waals surface area (Å²) in [6.45, 7) is 8.58. The van der Waals surface area contributed by atoms with Gasteiger partial charge in [-0.15, -0.1) is 0 Å². The number of nitrogens with two attached hydrogens (primary N) is 1. The SMILES string of the molecule is CCCCc1nc(N)cc(C(C)(C)C)n1. The summed E-state index contributed by atoms with van der Waals surface area (Å²) in [6.07, 6.45) is 3.20. The molecule has 0 bridgehead atoms. The maximum Gasteiger partial charge on any atom is 0.131 e. The highest BCUT2D eigenvalue weighted by atomic mass is 14.9. The minimum Gasteiger partial charge on any atom is -0.384 e. The van der Waals surface area contributed by atoms with Crippen LogP contribution in [-0.2, 0) is 11.8 Å². The van der Waals surface area contributed by atoms with Gasteiger partial charge in [-0.25, -0.2) is 9.97 Å². The number of hydrogen-bond donors (Lipinski definition) is 1. The molecule has 3 heteroatoms. The fourth-order valence-corrected chi connectivity index (χ4v) is 1.35. The fraction of sp³-hybridized carbons (Fsp3) is 0.667. The predicted octanol–water partition coefficient (Wildman–Crippen LogP) is 2.70. The minimum absolute atomic E-state index is 0.0397. The predicted molar refractivity (Wildman–Crippen MR) is 63.8 cm³/mol. The van der Waals surface area contributed by atoms with Crippen LogP contribution >= 0.6 is 0 Å². The van der Waals surface area contributed by atoms with Gasteiger partial charge < -0.3 is 5.73 Å². The van der Waals surface area contributed by atoms with E-state index in [1.54, 1.807) is 0 Å². The number of unbranched alkanes of at least 4 members (excludes halogenated alkanes) is 1. The van der Waals surface area contributed by atoms with Gasteiger partial charge in [0.05, 0.1) is 5.69 Å². The summed E-state index contributed by atoms with van der Waals surface area (Å²) < 4.78 is 0. The van der Waals surface area contributed by atoms with Gasteiger partial charge in [0.25, 0.3) is 0 Å². The fourth-order valence-electron chi connectivity index (χ4n) is 1.35. The molecule has 1 heterocycles. The highest BCUT2D eigenvalue weighted by Crippen LogP contribution is 2.21. The van der Waals surface area contributed by atoms with Crippen molar-refractivity contribution in [3.63, 3.8) is 0 Å². The number of aryl methyl sites for hydroxylation is 1. The molecule has 0 aliphatic carbocycles. The van der Waals surface area contributed by atoms with Crippen LogP contribution < -0.4 is 5.73 Å². The van der Waals surface area contributed by atoms with E-state index < -0.39 is 0 Å². The van der Waals surface area contributed by atoms with Gasteiger partial charge in [0.15, 0.2) is 0 Å². The van der Waals surface area contributed by atoms with E-state index in [2.05, 4.69) is 37.7 Å². The van der Waals surface area contributed by atoms with Crippen LogP contribution in [0.3, 0.4) is 0 Å². The van der Waals surface area contributed by atoms with Crippen molar-refractivity contribution < 1.29 is 0 Å². The van der Waals surface area contributed by atoms with Crippen molar-refractivity contribution in [1.82, 2.24) is 9.97 Å². The van der Waals surface area contributed by atoms with E-state index in [1.165, 1.54) is 0 Å². The van der Waals surface area contributed by atoms with Crippen molar-refractivity contribution in [2.24, 2.45) is 0 Å². The third-order valence-electron chi connectivity index (χ3n) is 2.31. The lowest BCUT2D eigenvalue weighted by Crippen LogP contribution is -2.16. The Morgan fingerprint density at radius 3 is 2.47 bits per heavy atom. The molecule has 0 radical (unpaired) electrons. The maximum absolute atomic E-state index is 5.78. The highest BCUT2D eigenvalue weighted by Gasteiger charge is 2.17. The zero-order chi connectivity index (χ0) is 11.5. The van der Waals surface area contributed by atoms with Gasteiger partial charge in [-0.3, -0.25) is 0 Å². The van der Waals surface area contributed by atoms with E-state index >= 15 is 0 Å². The molecule has 0 spiro atoms. The summed E-state index contributed by atoms with van der Waals surface area (Å²) in [5.41, 5.74) is 6.85. The molecule has 0 aromatic carbocycles. The Labute approximate surface area is 92.1 Å². The third kappa shape index (κ3) is 3.50. The largest absolute Gasteiger partial charge is 0.384 e. The lowest BCUT2D eigenvalue weighted by molar-refractivity contribution is 0.561. The third-order valence-corrected chi connectivity index (χ3v) is 2.31. The second kappa shape index (κ2) is 4.60. The summed E-state index contributed by atoms with van der Waals surface area (Å²) >= 11 is 0. The number of nitrogen functional groups attached to an aromatic ring is 1. The Balaban J connectivity index is 2.95. The van der Waals surface area contributed by atoms with E-state index in [1.807, 2.05) is 6.07 Å². The molecule has 1 rings (SSSR count). The first kappa shape index (κ1) is 12.0. The Morgan fingerprint density at radius 1 is 1.27 bits per heavy atom. The Bertz CT molecular complexity index is 326. The van der Waals surface area contributed by atoms with E-state index in [4.69, 9.17) is 5.73 Å². The van der Waals surface area contributed by atoms with Gasteiger partial charge in [0, 0.05) is 17.9 Å². The second-order valence-electron chi connectivity index (χ2n) is 4.95. The van der Waals surface area contributed by atoms with Crippen molar-refractivity contribution >= 4 is 5.82 Å². The molecule has 0 amide bonds. The molecule has 0 unspecified atom stereocenters. The van der Waals surface area contributed by atoms with E-state index in [0.717, 1.165) is 30.8 Å². The van der Waals surface area contributed by atoms with Crippen molar-refractivity contribution in [1.29, 1.82) is 0 Å². The molecular weight excluding hydrogens is 186 g/mol. The molecule has 0 saturated heterocycles. The molecule has 3 nitrogen and oxygen atoms in total. The lowest BCUT2D eigenvalue weighted by Gasteiger charge is -2.18. The zero-order valence-corrected chi connectivity index (χ0v) is 10.2. The van der Waals surface area contributed by atoms with E-state index in [-0.39, 0.29) is 5.41 Å². The Morgan fingerprint density at radius 2 is 1.93 bits per heavy atom. The molecule has 1 aromatic heterocycles. The first-order chi connectivity index (χ1) is 6.93. The molecule has 0 fully saturated rings. The Kier molecular flexibility index (Phi) is 3.66. The summed E-state index contributed by atoms with van der Waals surface area (Å²) in [4.78, 5) is 8.80. The van der Waals surface area contributed by atoms with Gasteiger partial charge in [-0.2, -0.15) is 0 Å². The second-order valence-corrected chi connectivity index (χ2v) is 4.95. The quantitative estimate of drug-likeness (QED) is 0.829. The summed E-state index contributed by atoms with van der Waals surface area (Å²) in [5.74, 6) is 1.46. The van der Waals surface area contributed by atoms with Crippen LogP contribution in [-0.4, -0.2) is 9.97 Å². The van der Waals surface area contributed by atoms with Crippen LogP contribution in [0.2, 0.25) is 0 Å². The molecule has 15 heavy (non-hydrogen) atoms. The van der Waals surface area contributed by atoms with E-state index in [9.17, 15) is 0 Å². The van der Waals surface area contributed by atoms with Crippen molar-refractivity contribution in [2.75, 3.05) is 5.73 Å². The van der Waals surface area contributed by atoms with Gasteiger partial charge in [-0.1, -0.05) is 34.1 Å². The summed E-state index contributed by atoms with van der Waals surface area (Å²) in [6, 6.07) is 1.87. The Hall–Kier alpha value is -1.12. The maximum atomic E-state index is 5.78. The van der Waals surface area contributed by atoms with Crippen LogP contribution in [0, 0.1) is 0 Å². The smallest absolute Gasteiger partial charge is 0.131 e. The number of aromatic nitrogens is 2. The van der Waals surface area contributed by atoms with Crippen molar-refractivity contribution in [3.8, 4) is 0 Å². The van der Waals surface area contributed by atoms with Crippen molar-refractivity contribution in [2.45, 2.75) is 52.4 Å². The molecule has 0 atom stereocenters. The van der Waals surface area contributed by atoms with Gasteiger partial charge in [-0.05, 0) is 6.42 Å². The first-order valence-corrected chi connectivity index (χ1v) is 5.57. The van der Waals surface area contributed by atoms with Crippen LogP contribution in [0.15, 0.2) is 6.07 Å². The summed E-state index contributed by atoms with van der Waals surface area (Å²) in [7, 11) is 0. The molecule has 1 aromatic rings. The number of hydrogen-bond acceptors (Lipinski definition) is 3. The van der Waals surface area contributed by atoms with E-state index in [0.29, 0.717) is 5.82 Å².